The zero-order valence-corrected chi connectivity index (χ0v) is 10.5. The van der Waals surface area contributed by atoms with Gasteiger partial charge in [0.25, 0.3) is 0 Å². The van der Waals surface area contributed by atoms with E-state index in [1.807, 2.05) is 27.7 Å². The number of ether oxygens (including phenoxy) is 1. The van der Waals surface area contributed by atoms with Crippen LogP contribution in [0.1, 0.15) is 27.7 Å². The second-order valence-corrected chi connectivity index (χ2v) is 5.84. The number of esters is 1. The summed E-state index contributed by atoms with van der Waals surface area (Å²) in [7, 11) is 1.42. The molecule has 0 aromatic rings. The Labute approximate surface area is 90.8 Å². The van der Waals surface area contributed by atoms with Crippen molar-refractivity contribution in [1.29, 1.82) is 0 Å². The van der Waals surface area contributed by atoms with Crippen molar-refractivity contribution < 1.29 is 9.53 Å². The van der Waals surface area contributed by atoms with Crippen LogP contribution in [0.3, 0.4) is 0 Å². The summed E-state index contributed by atoms with van der Waals surface area (Å²) in [6.07, 6.45) is 0. The lowest BCUT2D eigenvalue weighted by atomic mass is 9.97. The van der Waals surface area contributed by atoms with Gasteiger partial charge in [0, 0.05) is 17.0 Å². The van der Waals surface area contributed by atoms with E-state index in [0.717, 1.165) is 11.5 Å². The summed E-state index contributed by atoms with van der Waals surface area (Å²) in [6.45, 7) is 7.72. The second-order valence-electron chi connectivity index (χ2n) is 4.86. The molecule has 0 unspecified atom stereocenters. The second kappa shape index (κ2) is 5.03. The molecule has 0 saturated carbocycles. The van der Waals surface area contributed by atoms with Crippen molar-refractivity contribution >= 4 is 17.7 Å². The van der Waals surface area contributed by atoms with Crippen LogP contribution in [0.15, 0.2) is 0 Å². The highest BCUT2D eigenvalue weighted by Gasteiger charge is 2.29. The van der Waals surface area contributed by atoms with Gasteiger partial charge in [-0.15, -0.1) is 0 Å². The normalized spacial score (nSPS) is 12.7. The van der Waals surface area contributed by atoms with Gasteiger partial charge in [-0.05, 0) is 27.7 Å². The first kappa shape index (κ1) is 13.8. The molecule has 0 saturated heterocycles. The Kier molecular flexibility index (Phi) is 4.95. The van der Waals surface area contributed by atoms with E-state index in [4.69, 9.17) is 10.5 Å². The van der Waals surface area contributed by atoms with E-state index in [1.54, 1.807) is 11.8 Å². The molecule has 4 heteroatoms. The average Bonchev–Trinajstić information content (AvgIpc) is 2.00. The van der Waals surface area contributed by atoms with Crippen LogP contribution in [0.5, 0.6) is 0 Å². The Morgan fingerprint density at radius 2 is 1.79 bits per heavy atom. The van der Waals surface area contributed by atoms with Gasteiger partial charge in [0.15, 0.2) is 0 Å². The molecule has 84 valence electrons. The molecule has 0 amide bonds. The monoisotopic (exact) mass is 219 g/mol. The average molecular weight is 219 g/mol. The zero-order valence-electron chi connectivity index (χ0n) is 9.72. The summed E-state index contributed by atoms with van der Waals surface area (Å²) in [4.78, 5) is 11.3. The van der Waals surface area contributed by atoms with E-state index in [2.05, 4.69) is 0 Å². The van der Waals surface area contributed by atoms with Crippen molar-refractivity contribution in [2.75, 3.05) is 18.6 Å². The van der Waals surface area contributed by atoms with Crippen molar-refractivity contribution in [3.63, 3.8) is 0 Å². The number of carbonyl (C=O) groups is 1. The van der Waals surface area contributed by atoms with Crippen LogP contribution in [0.25, 0.3) is 0 Å². The van der Waals surface area contributed by atoms with Gasteiger partial charge in [0.2, 0.25) is 0 Å². The first-order valence-electron chi connectivity index (χ1n) is 4.64. The largest absolute Gasteiger partial charge is 0.469 e. The van der Waals surface area contributed by atoms with Crippen LogP contribution >= 0.6 is 11.8 Å². The molecule has 0 aliphatic rings. The number of thioether (sulfide) groups is 1. The summed E-state index contributed by atoms with van der Waals surface area (Å²) < 4.78 is 4.71. The summed E-state index contributed by atoms with van der Waals surface area (Å²) >= 11 is 1.68. The maximum atomic E-state index is 11.3. The van der Waals surface area contributed by atoms with Gasteiger partial charge < -0.3 is 10.5 Å². The van der Waals surface area contributed by atoms with E-state index in [-0.39, 0.29) is 11.5 Å². The first-order valence-corrected chi connectivity index (χ1v) is 5.79. The summed E-state index contributed by atoms with van der Waals surface area (Å²) in [6, 6.07) is 0. The van der Waals surface area contributed by atoms with Crippen molar-refractivity contribution in [1.82, 2.24) is 0 Å². The number of carbonyl (C=O) groups excluding carboxylic acids is 1. The third-order valence-electron chi connectivity index (χ3n) is 1.67. The highest BCUT2D eigenvalue weighted by Crippen LogP contribution is 2.24. The Morgan fingerprint density at radius 3 is 2.14 bits per heavy atom. The number of methoxy groups -OCH3 is 1. The SMILES string of the molecule is COC(=O)C(C)(C)CSCC(C)(C)N. The van der Waals surface area contributed by atoms with E-state index >= 15 is 0 Å². The van der Waals surface area contributed by atoms with Crippen LogP contribution in [-0.4, -0.2) is 30.1 Å². The molecule has 0 aromatic carbocycles. The molecule has 0 spiro atoms. The fraction of sp³-hybridized carbons (Fsp3) is 0.900. The smallest absolute Gasteiger partial charge is 0.312 e. The first-order chi connectivity index (χ1) is 6.19. The fourth-order valence-corrected chi connectivity index (χ4v) is 2.16. The van der Waals surface area contributed by atoms with Crippen LogP contribution in [-0.2, 0) is 9.53 Å². The van der Waals surface area contributed by atoms with Gasteiger partial charge in [0.05, 0.1) is 12.5 Å². The molecule has 3 nitrogen and oxygen atoms in total. The number of hydrogen-bond donors (Lipinski definition) is 1. The minimum absolute atomic E-state index is 0.167. The number of nitrogens with two attached hydrogens (primary N) is 1. The summed E-state index contributed by atoms with van der Waals surface area (Å²) in [5, 5.41) is 0. The third-order valence-corrected chi connectivity index (χ3v) is 3.55. The van der Waals surface area contributed by atoms with Crippen molar-refractivity contribution in [3.8, 4) is 0 Å². The van der Waals surface area contributed by atoms with Gasteiger partial charge in [0.1, 0.15) is 0 Å². The molecule has 14 heavy (non-hydrogen) atoms. The summed E-state index contributed by atoms with van der Waals surface area (Å²) in [5.41, 5.74) is 5.23. The van der Waals surface area contributed by atoms with Gasteiger partial charge in [-0.25, -0.2) is 0 Å². The van der Waals surface area contributed by atoms with Crippen LogP contribution < -0.4 is 5.73 Å². The molecule has 0 rings (SSSR count). The molecule has 0 atom stereocenters. The van der Waals surface area contributed by atoms with E-state index in [9.17, 15) is 4.79 Å². The highest BCUT2D eigenvalue weighted by atomic mass is 32.2. The lowest BCUT2D eigenvalue weighted by Gasteiger charge is -2.23. The van der Waals surface area contributed by atoms with Crippen molar-refractivity contribution in [2.24, 2.45) is 11.1 Å². The minimum Gasteiger partial charge on any atom is -0.469 e. The molecule has 2 N–H and O–H groups in total. The number of hydrogen-bond acceptors (Lipinski definition) is 4. The van der Waals surface area contributed by atoms with Crippen LogP contribution in [0, 0.1) is 5.41 Å². The summed E-state index contributed by atoms with van der Waals surface area (Å²) in [5.74, 6) is 1.41. The highest BCUT2D eigenvalue weighted by molar-refractivity contribution is 7.99. The molecular formula is C10H21NO2S. The predicted octanol–water partition coefficient (Wildman–Crippen LogP) is 1.66. The quantitative estimate of drug-likeness (QED) is 0.714. The molecule has 0 aliphatic heterocycles. The number of rotatable bonds is 5. The molecule has 0 bridgehead atoms. The molecule has 0 radical (unpaired) electrons. The van der Waals surface area contributed by atoms with Gasteiger partial charge >= 0.3 is 5.97 Å². The third kappa shape index (κ3) is 5.50. The lowest BCUT2D eigenvalue weighted by molar-refractivity contribution is -0.149. The zero-order chi connectivity index (χ0) is 11.4. The van der Waals surface area contributed by atoms with Gasteiger partial charge in [-0.2, -0.15) is 11.8 Å². The minimum atomic E-state index is -0.426. The Morgan fingerprint density at radius 1 is 1.29 bits per heavy atom. The predicted molar refractivity (Wildman–Crippen MR) is 61.4 cm³/mol. The molecule has 0 heterocycles. The lowest BCUT2D eigenvalue weighted by Crippen LogP contribution is -2.36. The molecular weight excluding hydrogens is 198 g/mol. The van der Waals surface area contributed by atoms with Gasteiger partial charge in [-0.3, -0.25) is 4.79 Å². The van der Waals surface area contributed by atoms with Crippen LogP contribution in [0.2, 0.25) is 0 Å². The Balaban J connectivity index is 3.94. The van der Waals surface area contributed by atoms with Crippen molar-refractivity contribution in [3.05, 3.63) is 0 Å². The Bertz CT molecular complexity index is 197. The maximum Gasteiger partial charge on any atom is 0.312 e. The van der Waals surface area contributed by atoms with E-state index < -0.39 is 5.41 Å². The molecule has 0 aliphatic carbocycles. The molecule has 0 fully saturated rings. The van der Waals surface area contributed by atoms with Crippen LogP contribution in [0.4, 0.5) is 0 Å². The maximum absolute atomic E-state index is 11.3. The van der Waals surface area contributed by atoms with Gasteiger partial charge in [-0.1, -0.05) is 0 Å². The van der Waals surface area contributed by atoms with E-state index in [1.165, 1.54) is 7.11 Å². The van der Waals surface area contributed by atoms with Crippen molar-refractivity contribution in [2.45, 2.75) is 33.2 Å². The standard InChI is InChI=1S/C10H21NO2S/c1-9(2,8(12)13-5)6-14-7-10(3,4)11/h6-7,11H2,1-5H3. The molecule has 0 aromatic heterocycles. The fourth-order valence-electron chi connectivity index (χ4n) is 0.904. The topological polar surface area (TPSA) is 52.3 Å². The van der Waals surface area contributed by atoms with E-state index in [0.29, 0.717) is 0 Å². The Hall–Kier alpha value is -0.220.